The van der Waals surface area contributed by atoms with Gasteiger partial charge in [-0.05, 0) is 128 Å². The summed E-state index contributed by atoms with van der Waals surface area (Å²) in [4.78, 5) is 0. The van der Waals surface area contributed by atoms with Crippen LogP contribution in [0.1, 0.15) is 106 Å². The van der Waals surface area contributed by atoms with Crippen LogP contribution in [0, 0.1) is 56.7 Å². The molecule has 0 aromatic rings. The molecule has 0 saturated heterocycles. The fourth-order valence-corrected chi connectivity index (χ4v) is 11.5. The first-order valence-electron chi connectivity index (χ1n) is 13.8. The topological polar surface area (TPSA) is 40.5 Å². The van der Waals surface area contributed by atoms with Crippen molar-refractivity contribution in [2.45, 2.75) is 112 Å². The molecule has 2 nitrogen and oxygen atoms in total. The van der Waals surface area contributed by atoms with Crippen LogP contribution in [-0.4, -0.2) is 22.9 Å². The van der Waals surface area contributed by atoms with Crippen molar-refractivity contribution in [1.29, 1.82) is 0 Å². The molecule has 0 aliphatic heterocycles. The Kier molecular flexibility index (Phi) is 5.19. The summed E-state index contributed by atoms with van der Waals surface area (Å²) >= 11 is 0. The normalized spacial score (nSPS) is 56.5. The van der Waals surface area contributed by atoms with E-state index in [4.69, 9.17) is 0 Å². The Hall–Kier alpha value is -0.340. The van der Waals surface area contributed by atoms with E-state index in [1.807, 2.05) is 0 Å². The van der Waals surface area contributed by atoms with Gasteiger partial charge in [-0.1, -0.05) is 46.8 Å². The minimum Gasteiger partial charge on any atom is -0.396 e. The van der Waals surface area contributed by atoms with Crippen LogP contribution in [0.2, 0.25) is 0 Å². The first-order valence-corrected chi connectivity index (χ1v) is 13.8. The highest BCUT2D eigenvalue weighted by Gasteiger charge is 2.70. The van der Waals surface area contributed by atoms with Crippen LogP contribution in [0.4, 0.5) is 0 Å². The average Bonchev–Trinajstić information content (AvgIpc) is 3.12. The second-order valence-electron chi connectivity index (χ2n) is 14.6. The van der Waals surface area contributed by atoms with Gasteiger partial charge in [0.25, 0.3) is 0 Å². The first kappa shape index (κ1) is 23.4. The Labute approximate surface area is 197 Å². The molecule has 5 fully saturated rings. The molecule has 32 heavy (non-hydrogen) atoms. The molecule has 10 atom stereocenters. The number of hydrogen-bond donors (Lipinski definition) is 2. The van der Waals surface area contributed by atoms with Crippen molar-refractivity contribution in [1.82, 2.24) is 0 Å². The zero-order valence-electron chi connectivity index (χ0n) is 21.8. The minimum atomic E-state index is -0.147. The van der Waals surface area contributed by atoms with E-state index in [0.717, 1.165) is 18.3 Å². The highest BCUT2D eigenvalue weighted by atomic mass is 16.3. The molecular weight excluding hydrogens is 392 g/mol. The zero-order valence-corrected chi connectivity index (χ0v) is 21.8. The molecule has 0 radical (unpaired) electrons. The maximum Gasteiger partial charge on any atom is 0.0594 e. The van der Waals surface area contributed by atoms with E-state index >= 15 is 0 Å². The number of allylic oxidation sites excluding steroid dienone is 1. The van der Waals surface area contributed by atoms with Crippen molar-refractivity contribution in [3.63, 3.8) is 0 Å². The molecule has 0 aromatic carbocycles. The standard InChI is InChI=1S/C30H50O2/c1-19(2)20-10-15-30(18-31)17-16-28(6)21(25(20)30)8-9-23-27(5)13-12-24(32)26(3,4)22(27)11-14-29(23,28)7/h20-25,31-32H,1,8-18H2,2-7H3/t20-,21+,22-,23+,24-,25+,27-,28+,29+,30+/m1/s1. The summed E-state index contributed by atoms with van der Waals surface area (Å²) in [6.45, 7) is 19.7. The lowest BCUT2D eigenvalue weighted by molar-refractivity contribution is -0.249. The van der Waals surface area contributed by atoms with Crippen LogP contribution in [0.3, 0.4) is 0 Å². The van der Waals surface area contributed by atoms with Gasteiger partial charge in [-0.15, -0.1) is 0 Å². The van der Waals surface area contributed by atoms with E-state index in [1.54, 1.807) is 0 Å². The first-order chi connectivity index (χ1) is 14.9. The summed E-state index contributed by atoms with van der Waals surface area (Å²) in [7, 11) is 0. The van der Waals surface area contributed by atoms with E-state index in [1.165, 1.54) is 63.4 Å². The maximum atomic E-state index is 10.9. The van der Waals surface area contributed by atoms with Gasteiger partial charge in [0.2, 0.25) is 0 Å². The van der Waals surface area contributed by atoms with Crippen molar-refractivity contribution in [3.05, 3.63) is 12.2 Å². The SMILES string of the molecule is C=C(C)[C@H]1CC[C@@]2(CO)CC[C@@]3(C)[C@@H](CC[C@H]4[C@]5(C)CC[C@@H](O)C(C)(C)[C@H]5CC[C@@]43C)[C@H]12. The molecule has 0 heterocycles. The van der Waals surface area contributed by atoms with Gasteiger partial charge in [0.05, 0.1) is 6.10 Å². The lowest BCUT2D eigenvalue weighted by Crippen LogP contribution is -2.66. The van der Waals surface area contributed by atoms with Crippen LogP contribution in [0.5, 0.6) is 0 Å². The third kappa shape index (κ3) is 2.66. The summed E-state index contributed by atoms with van der Waals surface area (Å²) in [6.07, 6.45) is 12.2. The molecule has 0 aromatic heterocycles. The van der Waals surface area contributed by atoms with Gasteiger partial charge >= 0.3 is 0 Å². The molecule has 2 N–H and O–H groups in total. The van der Waals surface area contributed by atoms with E-state index < -0.39 is 0 Å². The lowest BCUT2D eigenvalue weighted by Gasteiger charge is -2.73. The Balaban J connectivity index is 1.55. The maximum absolute atomic E-state index is 10.9. The Morgan fingerprint density at radius 1 is 0.812 bits per heavy atom. The Morgan fingerprint density at radius 2 is 1.53 bits per heavy atom. The number of aliphatic hydroxyl groups is 2. The van der Waals surface area contributed by atoms with E-state index in [0.29, 0.717) is 40.6 Å². The summed E-state index contributed by atoms with van der Waals surface area (Å²) in [5.41, 5.74) is 2.60. The van der Waals surface area contributed by atoms with Gasteiger partial charge in [-0.25, -0.2) is 0 Å². The average molecular weight is 443 g/mol. The van der Waals surface area contributed by atoms with Gasteiger partial charge in [0.1, 0.15) is 0 Å². The molecule has 5 aliphatic rings. The number of aliphatic hydroxyl groups excluding tert-OH is 2. The summed E-state index contributed by atoms with van der Waals surface area (Å²) < 4.78 is 0. The second-order valence-corrected chi connectivity index (χ2v) is 14.6. The predicted octanol–water partition coefficient (Wildman–Crippen LogP) is 7.00. The molecule has 5 rings (SSSR count). The smallest absolute Gasteiger partial charge is 0.0594 e. The fraction of sp³-hybridized carbons (Fsp3) is 0.933. The van der Waals surface area contributed by atoms with Gasteiger partial charge in [0.15, 0.2) is 0 Å². The predicted molar refractivity (Wildman–Crippen MR) is 132 cm³/mol. The zero-order chi connectivity index (χ0) is 23.3. The lowest BCUT2D eigenvalue weighted by atomic mass is 9.32. The Morgan fingerprint density at radius 3 is 2.19 bits per heavy atom. The van der Waals surface area contributed by atoms with Crippen molar-refractivity contribution in [3.8, 4) is 0 Å². The highest BCUT2D eigenvalue weighted by Crippen LogP contribution is 2.77. The third-order valence-corrected chi connectivity index (χ3v) is 13.5. The fourth-order valence-electron chi connectivity index (χ4n) is 11.5. The molecular formula is C30H50O2. The molecule has 5 aliphatic carbocycles. The quantitative estimate of drug-likeness (QED) is 0.452. The van der Waals surface area contributed by atoms with Gasteiger partial charge in [-0.2, -0.15) is 0 Å². The molecule has 2 heteroatoms. The van der Waals surface area contributed by atoms with Gasteiger partial charge in [0, 0.05) is 6.61 Å². The molecule has 182 valence electrons. The van der Waals surface area contributed by atoms with Gasteiger partial charge in [-0.3, -0.25) is 0 Å². The van der Waals surface area contributed by atoms with Crippen LogP contribution < -0.4 is 0 Å². The third-order valence-electron chi connectivity index (χ3n) is 13.5. The van der Waals surface area contributed by atoms with E-state index in [2.05, 4.69) is 48.1 Å². The van der Waals surface area contributed by atoms with Crippen LogP contribution in [0.15, 0.2) is 12.2 Å². The number of hydrogen-bond acceptors (Lipinski definition) is 2. The van der Waals surface area contributed by atoms with Crippen molar-refractivity contribution >= 4 is 0 Å². The summed E-state index contributed by atoms with van der Waals surface area (Å²) in [5, 5.41) is 21.5. The monoisotopic (exact) mass is 442 g/mol. The van der Waals surface area contributed by atoms with Crippen molar-refractivity contribution in [2.75, 3.05) is 6.61 Å². The Bertz CT molecular complexity index is 786. The molecule has 0 spiro atoms. The highest BCUT2D eigenvalue weighted by molar-refractivity contribution is 5.21. The number of rotatable bonds is 2. The summed E-state index contributed by atoms with van der Waals surface area (Å²) in [5.74, 6) is 3.33. The van der Waals surface area contributed by atoms with Crippen molar-refractivity contribution < 1.29 is 10.2 Å². The second kappa shape index (κ2) is 7.09. The molecule has 0 bridgehead atoms. The number of fused-ring (bicyclic) bond motifs is 7. The van der Waals surface area contributed by atoms with Crippen LogP contribution in [0.25, 0.3) is 0 Å². The molecule has 0 amide bonds. The van der Waals surface area contributed by atoms with Crippen LogP contribution >= 0.6 is 0 Å². The summed E-state index contributed by atoms with van der Waals surface area (Å²) in [6, 6.07) is 0. The van der Waals surface area contributed by atoms with E-state index in [-0.39, 0.29) is 16.9 Å². The van der Waals surface area contributed by atoms with Crippen molar-refractivity contribution in [2.24, 2.45) is 56.7 Å². The molecule has 0 unspecified atom stereocenters. The van der Waals surface area contributed by atoms with E-state index in [9.17, 15) is 10.2 Å². The van der Waals surface area contributed by atoms with Gasteiger partial charge < -0.3 is 10.2 Å². The van der Waals surface area contributed by atoms with Crippen LogP contribution in [-0.2, 0) is 0 Å². The largest absolute Gasteiger partial charge is 0.396 e. The molecule has 5 saturated carbocycles. The minimum absolute atomic E-state index is 0.0290.